The summed E-state index contributed by atoms with van der Waals surface area (Å²) in [6.45, 7) is 5.64. The fraction of sp³-hybridized carbons (Fsp3) is 0.500. The molecule has 18 heavy (non-hydrogen) atoms. The Kier molecular flexibility index (Phi) is 5.16. The molecule has 4 nitrogen and oxygen atoms in total. The first-order valence-electron chi connectivity index (χ1n) is 6.06. The van der Waals surface area contributed by atoms with Crippen LogP contribution in [0.2, 0.25) is 0 Å². The Morgan fingerprint density at radius 3 is 2.67 bits per heavy atom. The van der Waals surface area contributed by atoms with Crippen molar-refractivity contribution in [2.24, 2.45) is 0 Å². The van der Waals surface area contributed by atoms with Crippen molar-refractivity contribution < 1.29 is 14.6 Å². The summed E-state index contributed by atoms with van der Waals surface area (Å²) in [7, 11) is 1.66. The van der Waals surface area contributed by atoms with Crippen LogP contribution in [0.5, 0.6) is 5.75 Å². The first kappa shape index (κ1) is 14.5. The van der Waals surface area contributed by atoms with Gasteiger partial charge in [-0.25, -0.2) is 0 Å². The maximum absolute atomic E-state index is 12.0. The molecule has 4 heteroatoms. The highest BCUT2D eigenvalue weighted by Crippen LogP contribution is 2.14. The average Bonchev–Trinajstić information content (AvgIpc) is 2.27. The molecule has 1 aromatic carbocycles. The second-order valence-corrected chi connectivity index (χ2v) is 4.64. The molecule has 0 fully saturated rings. The monoisotopic (exact) mass is 251 g/mol. The zero-order valence-electron chi connectivity index (χ0n) is 11.4. The van der Waals surface area contributed by atoms with Gasteiger partial charge in [-0.05, 0) is 38.5 Å². The number of ether oxygens (including phenoxy) is 1. The van der Waals surface area contributed by atoms with E-state index in [9.17, 15) is 9.90 Å². The molecule has 2 atom stereocenters. The predicted octanol–water partition coefficient (Wildman–Crippen LogP) is 1.60. The molecule has 0 spiro atoms. The maximum atomic E-state index is 12.0. The summed E-state index contributed by atoms with van der Waals surface area (Å²) in [6.07, 6.45) is -1.10. The maximum Gasteiger partial charge on any atom is 0.263 e. The third-order valence-electron chi connectivity index (χ3n) is 2.56. The standard InChI is InChI=1S/C14H21NO3/c1-10-6-5-7-13(8-10)18-12(3)14(17)15(4)9-11(2)16/h5-8,11-12,16H,9H2,1-4H3. The second kappa shape index (κ2) is 6.40. The molecule has 1 aromatic rings. The van der Waals surface area contributed by atoms with E-state index in [1.54, 1.807) is 20.9 Å². The SMILES string of the molecule is Cc1cccc(OC(C)C(=O)N(C)CC(C)O)c1. The highest BCUT2D eigenvalue weighted by Gasteiger charge is 2.20. The van der Waals surface area contributed by atoms with Crippen molar-refractivity contribution in [1.29, 1.82) is 0 Å². The van der Waals surface area contributed by atoms with Crippen molar-refractivity contribution in [3.63, 3.8) is 0 Å². The summed E-state index contributed by atoms with van der Waals surface area (Å²) in [4.78, 5) is 13.4. The largest absolute Gasteiger partial charge is 0.481 e. The number of carbonyl (C=O) groups excluding carboxylic acids is 1. The molecule has 0 bridgehead atoms. The number of benzene rings is 1. The van der Waals surface area contributed by atoms with Gasteiger partial charge in [0.15, 0.2) is 6.10 Å². The fourth-order valence-corrected chi connectivity index (χ4v) is 1.74. The van der Waals surface area contributed by atoms with Crippen molar-refractivity contribution in [1.82, 2.24) is 4.90 Å². The molecule has 1 N–H and O–H groups in total. The number of likely N-dealkylation sites (N-methyl/N-ethyl adjacent to an activating group) is 1. The number of nitrogens with zero attached hydrogens (tertiary/aromatic N) is 1. The van der Waals surface area contributed by atoms with Gasteiger partial charge in [0.25, 0.3) is 5.91 Å². The van der Waals surface area contributed by atoms with Crippen LogP contribution in [0, 0.1) is 6.92 Å². The highest BCUT2D eigenvalue weighted by atomic mass is 16.5. The van der Waals surface area contributed by atoms with Crippen LogP contribution in [0.25, 0.3) is 0 Å². The molecule has 1 rings (SSSR count). The van der Waals surface area contributed by atoms with Crippen LogP contribution >= 0.6 is 0 Å². The summed E-state index contributed by atoms with van der Waals surface area (Å²) in [5.41, 5.74) is 1.09. The number of hydrogen-bond acceptors (Lipinski definition) is 3. The quantitative estimate of drug-likeness (QED) is 0.864. The van der Waals surface area contributed by atoms with Gasteiger partial charge in [-0.3, -0.25) is 4.79 Å². The molecule has 2 unspecified atom stereocenters. The van der Waals surface area contributed by atoms with Crippen LogP contribution in [-0.4, -0.2) is 41.7 Å². The van der Waals surface area contributed by atoms with E-state index >= 15 is 0 Å². The molecule has 0 aromatic heterocycles. The van der Waals surface area contributed by atoms with Crippen LogP contribution in [0.4, 0.5) is 0 Å². The van der Waals surface area contributed by atoms with Crippen molar-refractivity contribution in [3.8, 4) is 5.75 Å². The Hall–Kier alpha value is -1.55. The summed E-state index contributed by atoms with van der Waals surface area (Å²) >= 11 is 0. The minimum atomic E-state index is -0.560. The van der Waals surface area contributed by atoms with Gasteiger partial charge >= 0.3 is 0 Å². The number of aliphatic hydroxyl groups is 1. The van der Waals surface area contributed by atoms with Gasteiger partial charge in [0.05, 0.1) is 6.10 Å². The van der Waals surface area contributed by atoms with E-state index < -0.39 is 12.2 Å². The minimum absolute atomic E-state index is 0.141. The van der Waals surface area contributed by atoms with Gasteiger partial charge in [0, 0.05) is 13.6 Å². The molecule has 1 amide bonds. The van der Waals surface area contributed by atoms with Crippen LogP contribution in [0.1, 0.15) is 19.4 Å². The average molecular weight is 251 g/mol. The lowest BCUT2D eigenvalue weighted by molar-refractivity contribution is -0.137. The van der Waals surface area contributed by atoms with Crippen LogP contribution in [0.15, 0.2) is 24.3 Å². The molecular weight excluding hydrogens is 230 g/mol. The van der Waals surface area contributed by atoms with E-state index in [1.807, 2.05) is 31.2 Å². The van der Waals surface area contributed by atoms with E-state index in [4.69, 9.17) is 4.74 Å². The number of carbonyl (C=O) groups is 1. The van der Waals surface area contributed by atoms with E-state index in [2.05, 4.69) is 0 Å². The Labute approximate surface area is 108 Å². The molecule has 0 heterocycles. The summed E-state index contributed by atoms with van der Waals surface area (Å²) in [5.74, 6) is 0.540. The number of aryl methyl sites for hydroxylation is 1. The Balaban J connectivity index is 2.59. The Morgan fingerprint density at radius 1 is 1.44 bits per heavy atom. The highest BCUT2D eigenvalue weighted by molar-refractivity contribution is 5.80. The predicted molar refractivity (Wildman–Crippen MR) is 70.6 cm³/mol. The number of hydrogen-bond donors (Lipinski definition) is 1. The summed E-state index contributed by atoms with van der Waals surface area (Å²) < 4.78 is 5.59. The zero-order valence-corrected chi connectivity index (χ0v) is 11.4. The molecule has 0 aliphatic rings. The van der Waals surface area contributed by atoms with Crippen molar-refractivity contribution >= 4 is 5.91 Å². The molecular formula is C14H21NO3. The van der Waals surface area contributed by atoms with Crippen molar-refractivity contribution in [3.05, 3.63) is 29.8 Å². The molecule has 0 saturated carbocycles. The molecule has 0 saturated heterocycles. The lowest BCUT2D eigenvalue weighted by Crippen LogP contribution is -2.41. The van der Waals surface area contributed by atoms with Crippen LogP contribution in [-0.2, 0) is 4.79 Å². The molecule has 0 radical (unpaired) electrons. The van der Waals surface area contributed by atoms with Crippen LogP contribution in [0.3, 0.4) is 0 Å². The number of rotatable bonds is 5. The van der Waals surface area contributed by atoms with E-state index in [0.717, 1.165) is 5.56 Å². The molecule has 100 valence electrons. The van der Waals surface area contributed by atoms with E-state index in [1.165, 1.54) is 4.90 Å². The van der Waals surface area contributed by atoms with Gasteiger partial charge < -0.3 is 14.7 Å². The van der Waals surface area contributed by atoms with E-state index in [0.29, 0.717) is 12.3 Å². The van der Waals surface area contributed by atoms with Crippen molar-refractivity contribution in [2.75, 3.05) is 13.6 Å². The third-order valence-corrected chi connectivity index (χ3v) is 2.56. The lowest BCUT2D eigenvalue weighted by atomic mass is 10.2. The minimum Gasteiger partial charge on any atom is -0.481 e. The van der Waals surface area contributed by atoms with Gasteiger partial charge in [-0.2, -0.15) is 0 Å². The smallest absolute Gasteiger partial charge is 0.263 e. The second-order valence-electron chi connectivity index (χ2n) is 4.64. The first-order chi connectivity index (χ1) is 8.40. The van der Waals surface area contributed by atoms with Crippen LogP contribution < -0.4 is 4.74 Å². The normalized spacial score (nSPS) is 13.8. The molecule has 0 aliphatic heterocycles. The van der Waals surface area contributed by atoms with Gasteiger partial charge in [0.2, 0.25) is 0 Å². The fourth-order valence-electron chi connectivity index (χ4n) is 1.74. The van der Waals surface area contributed by atoms with Gasteiger partial charge in [-0.15, -0.1) is 0 Å². The van der Waals surface area contributed by atoms with Gasteiger partial charge in [0.1, 0.15) is 5.75 Å². The zero-order chi connectivity index (χ0) is 13.7. The first-order valence-corrected chi connectivity index (χ1v) is 6.06. The van der Waals surface area contributed by atoms with Crippen molar-refractivity contribution in [2.45, 2.75) is 33.0 Å². The summed E-state index contributed by atoms with van der Waals surface area (Å²) in [6, 6.07) is 7.57. The number of aliphatic hydroxyl groups excluding tert-OH is 1. The van der Waals surface area contributed by atoms with E-state index in [-0.39, 0.29) is 5.91 Å². The summed E-state index contributed by atoms with van der Waals surface area (Å²) in [5, 5.41) is 9.24. The topological polar surface area (TPSA) is 49.8 Å². The molecule has 0 aliphatic carbocycles. The Morgan fingerprint density at radius 2 is 2.11 bits per heavy atom. The van der Waals surface area contributed by atoms with Gasteiger partial charge in [-0.1, -0.05) is 12.1 Å². The Bertz CT molecular complexity index is 404. The number of amides is 1. The lowest BCUT2D eigenvalue weighted by Gasteiger charge is -2.23. The third kappa shape index (κ3) is 4.37.